The van der Waals surface area contributed by atoms with Crippen molar-refractivity contribution in [2.24, 2.45) is 5.73 Å². The van der Waals surface area contributed by atoms with Crippen LogP contribution in [0.5, 0.6) is 11.5 Å². The summed E-state index contributed by atoms with van der Waals surface area (Å²) in [5.74, 6) is 0.995. The zero-order valence-electron chi connectivity index (χ0n) is 15.1. The molecule has 0 bridgehead atoms. The molecule has 0 spiro atoms. The number of amides is 1. The molecule has 3 rings (SSSR count). The average Bonchev–Trinajstić information content (AvgIpc) is 3.23. The number of benzene rings is 2. The van der Waals surface area contributed by atoms with E-state index in [-0.39, 0.29) is 5.91 Å². The quantitative estimate of drug-likeness (QED) is 0.660. The van der Waals surface area contributed by atoms with Gasteiger partial charge in [0.25, 0.3) is 0 Å². The molecule has 1 aromatic heterocycles. The van der Waals surface area contributed by atoms with E-state index < -0.39 is 6.04 Å². The Morgan fingerprint density at radius 3 is 2.44 bits per heavy atom. The summed E-state index contributed by atoms with van der Waals surface area (Å²) in [6.45, 7) is 0. The highest BCUT2D eigenvalue weighted by Gasteiger charge is 2.17. The molecule has 0 saturated carbocycles. The Bertz CT molecular complexity index is 894. The van der Waals surface area contributed by atoms with Crippen LogP contribution in [0.3, 0.4) is 0 Å². The zero-order valence-corrected chi connectivity index (χ0v) is 15.1. The van der Waals surface area contributed by atoms with Gasteiger partial charge in [0, 0.05) is 0 Å². The van der Waals surface area contributed by atoms with Gasteiger partial charge in [-0.25, -0.2) is 0 Å². The number of nitrogens with zero attached hydrogens (tertiary/aromatic N) is 3. The second kappa shape index (κ2) is 8.33. The Balaban J connectivity index is 1.72. The first-order chi connectivity index (χ1) is 13.1. The first kappa shape index (κ1) is 18.4. The van der Waals surface area contributed by atoms with E-state index >= 15 is 0 Å². The third kappa shape index (κ3) is 4.42. The normalized spacial score (nSPS) is 11.7. The monoisotopic (exact) mass is 367 g/mol. The topological polar surface area (TPSA) is 104 Å². The Kier molecular flexibility index (Phi) is 5.68. The van der Waals surface area contributed by atoms with E-state index in [0.29, 0.717) is 17.9 Å². The van der Waals surface area contributed by atoms with Crippen molar-refractivity contribution in [2.45, 2.75) is 12.5 Å². The molecule has 140 valence electrons. The number of aromatic nitrogens is 3. The van der Waals surface area contributed by atoms with Crippen molar-refractivity contribution in [2.75, 3.05) is 19.5 Å². The van der Waals surface area contributed by atoms with Crippen molar-refractivity contribution in [3.63, 3.8) is 0 Å². The maximum absolute atomic E-state index is 12.6. The van der Waals surface area contributed by atoms with Crippen molar-refractivity contribution in [3.05, 3.63) is 60.7 Å². The summed E-state index contributed by atoms with van der Waals surface area (Å²) in [7, 11) is 3.15. The maximum atomic E-state index is 12.6. The molecule has 3 aromatic rings. The Morgan fingerprint density at radius 1 is 1.11 bits per heavy atom. The molecule has 0 unspecified atom stereocenters. The summed E-state index contributed by atoms with van der Waals surface area (Å²) in [6.07, 6.45) is 3.55. The number of carbonyl (C=O) groups excluding carboxylic acids is 1. The number of rotatable bonds is 7. The van der Waals surface area contributed by atoms with Crippen LogP contribution in [0.1, 0.15) is 5.56 Å². The fourth-order valence-electron chi connectivity index (χ4n) is 2.62. The molecule has 0 aliphatic rings. The third-order valence-electron chi connectivity index (χ3n) is 4.11. The van der Waals surface area contributed by atoms with Crippen molar-refractivity contribution in [1.82, 2.24) is 14.8 Å². The molecule has 8 nitrogen and oxygen atoms in total. The number of nitrogens with one attached hydrogen (secondary N) is 1. The fraction of sp³-hybridized carbons (Fsp3) is 0.211. The SMILES string of the molecule is COc1ccc(C[C@H](N)C(=O)Nc2cc(-n3cnnc3)ccc2OC)cc1. The number of carbonyl (C=O) groups is 1. The van der Waals surface area contributed by atoms with Crippen LogP contribution in [0.4, 0.5) is 5.69 Å². The predicted molar refractivity (Wildman–Crippen MR) is 101 cm³/mol. The van der Waals surface area contributed by atoms with Crippen molar-refractivity contribution in [3.8, 4) is 17.2 Å². The maximum Gasteiger partial charge on any atom is 0.241 e. The van der Waals surface area contributed by atoms with Crippen molar-refractivity contribution >= 4 is 11.6 Å². The Labute approximate surface area is 156 Å². The molecule has 1 amide bonds. The number of methoxy groups -OCH3 is 2. The lowest BCUT2D eigenvalue weighted by Crippen LogP contribution is -2.37. The van der Waals surface area contributed by atoms with E-state index in [4.69, 9.17) is 15.2 Å². The number of ether oxygens (including phenoxy) is 2. The van der Waals surface area contributed by atoms with Gasteiger partial charge in [-0.05, 0) is 42.3 Å². The minimum atomic E-state index is -0.707. The van der Waals surface area contributed by atoms with Crippen molar-refractivity contribution in [1.29, 1.82) is 0 Å². The van der Waals surface area contributed by atoms with Crippen LogP contribution in [0.25, 0.3) is 5.69 Å². The number of hydrogen-bond acceptors (Lipinski definition) is 6. The van der Waals surface area contributed by atoms with Crippen LogP contribution >= 0.6 is 0 Å². The standard InChI is InChI=1S/C19H21N5O3/c1-26-15-6-3-13(4-7-15)9-16(20)19(25)23-17-10-14(5-8-18(17)27-2)24-11-21-22-12-24/h3-8,10-12,16H,9,20H2,1-2H3,(H,23,25)/t16-/m0/s1. The van der Waals surface area contributed by atoms with Gasteiger partial charge in [0.1, 0.15) is 24.2 Å². The van der Waals surface area contributed by atoms with Gasteiger partial charge in [0.15, 0.2) is 0 Å². The summed E-state index contributed by atoms with van der Waals surface area (Å²) in [6, 6.07) is 12.1. The van der Waals surface area contributed by atoms with E-state index in [9.17, 15) is 4.79 Å². The number of nitrogens with two attached hydrogens (primary N) is 1. The molecule has 1 heterocycles. The van der Waals surface area contributed by atoms with E-state index in [1.54, 1.807) is 43.6 Å². The van der Waals surface area contributed by atoms with Gasteiger partial charge in [-0.3, -0.25) is 9.36 Å². The van der Waals surface area contributed by atoms with E-state index in [0.717, 1.165) is 17.0 Å². The molecule has 0 radical (unpaired) electrons. The van der Waals surface area contributed by atoms with Crippen LogP contribution in [-0.2, 0) is 11.2 Å². The summed E-state index contributed by atoms with van der Waals surface area (Å²) in [4.78, 5) is 12.6. The van der Waals surface area contributed by atoms with Crippen LogP contribution in [-0.4, -0.2) is 40.9 Å². The fourth-order valence-corrected chi connectivity index (χ4v) is 2.62. The Morgan fingerprint density at radius 2 is 1.81 bits per heavy atom. The lowest BCUT2D eigenvalue weighted by molar-refractivity contribution is -0.117. The summed E-state index contributed by atoms with van der Waals surface area (Å²) >= 11 is 0. The third-order valence-corrected chi connectivity index (χ3v) is 4.11. The molecule has 0 aliphatic carbocycles. The second-order valence-corrected chi connectivity index (χ2v) is 5.90. The summed E-state index contributed by atoms with van der Waals surface area (Å²) in [5.41, 5.74) is 8.35. The van der Waals surface area contributed by atoms with Crippen LogP contribution in [0.15, 0.2) is 55.1 Å². The minimum absolute atomic E-state index is 0.301. The molecular weight excluding hydrogens is 346 g/mol. The van der Waals surface area contributed by atoms with Gasteiger partial charge < -0.3 is 20.5 Å². The largest absolute Gasteiger partial charge is 0.497 e. The van der Waals surface area contributed by atoms with Gasteiger partial charge in [-0.15, -0.1) is 10.2 Å². The summed E-state index contributed by atoms with van der Waals surface area (Å²) in [5, 5.41) is 10.4. The van der Waals surface area contributed by atoms with Gasteiger partial charge in [0.2, 0.25) is 5.91 Å². The second-order valence-electron chi connectivity index (χ2n) is 5.90. The van der Waals surface area contributed by atoms with Crippen LogP contribution in [0, 0.1) is 0 Å². The predicted octanol–water partition coefficient (Wildman–Crippen LogP) is 1.79. The molecule has 8 heteroatoms. The molecule has 0 aliphatic heterocycles. The number of hydrogen-bond donors (Lipinski definition) is 2. The lowest BCUT2D eigenvalue weighted by Gasteiger charge is -2.16. The van der Waals surface area contributed by atoms with Crippen molar-refractivity contribution < 1.29 is 14.3 Å². The van der Waals surface area contributed by atoms with E-state index in [2.05, 4.69) is 15.5 Å². The lowest BCUT2D eigenvalue weighted by atomic mass is 10.1. The summed E-state index contributed by atoms with van der Waals surface area (Å²) < 4.78 is 12.2. The van der Waals surface area contributed by atoms with Crippen LogP contribution < -0.4 is 20.5 Å². The average molecular weight is 367 g/mol. The highest BCUT2D eigenvalue weighted by molar-refractivity contribution is 5.96. The van der Waals surface area contributed by atoms with Gasteiger partial charge in [-0.1, -0.05) is 12.1 Å². The molecule has 1 atom stereocenters. The highest BCUT2D eigenvalue weighted by Crippen LogP contribution is 2.27. The highest BCUT2D eigenvalue weighted by atomic mass is 16.5. The van der Waals surface area contributed by atoms with Crippen LogP contribution in [0.2, 0.25) is 0 Å². The van der Waals surface area contributed by atoms with Gasteiger partial charge >= 0.3 is 0 Å². The molecule has 2 aromatic carbocycles. The molecule has 0 saturated heterocycles. The molecule has 27 heavy (non-hydrogen) atoms. The van der Waals surface area contributed by atoms with Gasteiger partial charge in [-0.2, -0.15) is 0 Å². The minimum Gasteiger partial charge on any atom is -0.497 e. The molecule has 3 N–H and O–H groups in total. The first-order valence-corrected chi connectivity index (χ1v) is 8.33. The smallest absolute Gasteiger partial charge is 0.241 e. The van der Waals surface area contributed by atoms with E-state index in [1.165, 1.54) is 0 Å². The Hall–Kier alpha value is -3.39. The molecule has 0 fully saturated rings. The zero-order chi connectivity index (χ0) is 19.2. The first-order valence-electron chi connectivity index (χ1n) is 8.33. The van der Waals surface area contributed by atoms with E-state index in [1.807, 2.05) is 30.3 Å². The number of anilines is 1. The molecular formula is C19H21N5O3. The van der Waals surface area contributed by atoms with Gasteiger partial charge in [0.05, 0.1) is 31.6 Å².